The Bertz CT molecular complexity index is 824. The van der Waals surface area contributed by atoms with E-state index in [4.69, 9.17) is 4.74 Å². The third-order valence-corrected chi connectivity index (χ3v) is 4.12. The van der Waals surface area contributed by atoms with Crippen LogP contribution in [-0.4, -0.2) is 39.0 Å². The van der Waals surface area contributed by atoms with Crippen LogP contribution >= 0.6 is 0 Å². The quantitative estimate of drug-likeness (QED) is 0.778. The van der Waals surface area contributed by atoms with Crippen molar-refractivity contribution < 1.29 is 9.84 Å². The number of phenols is 1. The van der Waals surface area contributed by atoms with Crippen molar-refractivity contribution in [3.8, 4) is 17.0 Å². The highest BCUT2D eigenvalue weighted by Gasteiger charge is 2.15. The summed E-state index contributed by atoms with van der Waals surface area (Å²) in [5.41, 5.74) is 2.24. The predicted octanol–water partition coefficient (Wildman–Crippen LogP) is 2.69. The van der Waals surface area contributed by atoms with E-state index in [1.807, 2.05) is 24.3 Å². The van der Waals surface area contributed by atoms with Gasteiger partial charge in [0.25, 0.3) is 0 Å². The van der Waals surface area contributed by atoms with Gasteiger partial charge in [-0.15, -0.1) is 5.10 Å². The summed E-state index contributed by atoms with van der Waals surface area (Å²) in [5.74, 6) is 1.03. The zero-order valence-electron chi connectivity index (χ0n) is 12.6. The number of hydrogen-bond acceptors (Lipinski definition) is 5. The van der Waals surface area contributed by atoms with E-state index in [9.17, 15) is 5.11 Å². The van der Waals surface area contributed by atoms with E-state index in [2.05, 4.69) is 15.4 Å². The zero-order valence-corrected chi connectivity index (χ0v) is 12.6. The highest BCUT2D eigenvalue weighted by atomic mass is 16.5. The molecule has 0 unspecified atom stereocenters. The lowest BCUT2D eigenvalue weighted by Gasteiger charge is -2.23. The normalized spacial score (nSPS) is 15.8. The molecule has 2 aromatic heterocycles. The van der Waals surface area contributed by atoms with Crippen LogP contribution in [0.25, 0.3) is 16.9 Å². The first kappa shape index (κ1) is 14.0. The van der Waals surface area contributed by atoms with Gasteiger partial charge in [0.15, 0.2) is 5.65 Å². The number of hydrogen-bond donors (Lipinski definition) is 2. The second-order valence-corrected chi connectivity index (χ2v) is 5.68. The maximum atomic E-state index is 10.1. The number of imidazole rings is 1. The van der Waals surface area contributed by atoms with Crippen molar-refractivity contribution in [2.45, 2.75) is 18.9 Å². The zero-order chi connectivity index (χ0) is 15.6. The number of nitrogens with one attached hydrogen (secondary N) is 1. The monoisotopic (exact) mass is 310 g/mol. The van der Waals surface area contributed by atoms with Gasteiger partial charge in [-0.1, -0.05) is 12.1 Å². The molecule has 1 aliphatic rings. The molecule has 3 heterocycles. The van der Waals surface area contributed by atoms with Gasteiger partial charge >= 0.3 is 0 Å². The Hall–Kier alpha value is -2.60. The van der Waals surface area contributed by atoms with Crippen LogP contribution in [-0.2, 0) is 4.74 Å². The van der Waals surface area contributed by atoms with Gasteiger partial charge in [-0.05, 0) is 37.1 Å². The Morgan fingerprint density at radius 1 is 1.13 bits per heavy atom. The van der Waals surface area contributed by atoms with Crippen LogP contribution in [0.5, 0.6) is 5.75 Å². The van der Waals surface area contributed by atoms with Crippen LogP contribution in [0.15, 0.2) is 42.6 Å². The maximum absolute atomic E-state index is 10.1. The summed E-state index contributed by atoms with van der Waals surface area (Å²) in [6.45, 7) is 1.57. The van der Waals surface area contributed by atoms with E-state index in [0.29, 0.717) is 6.04 Å². The van der Waals surface area contributed by atoms with Crippen LogP contribution in [0.3, 0.4) is 0 Å². The van der Waals surface area contributed by atoms with Crippen molar-refractivity contribution in [2.24, 2.45) is 0 Å². The molecule has 1 saturated heterocycles. The molecule has 0 radical (unpaired) electrons. The van der Waals surface area contributed by atoms with Crippen molar-refractivity contribution in [3.63, 3.8) is 0 Å². The van der Waals surface area contributed by atoms with Gasteiger partial charge < -0.3 is 15.2 Å². The summed E-state index contributed by atoms with van der Waals surface area (Å²) in [4.78, 5) is 4.37. The number of ether oxygens (including phenoxy) is 1. The molecule has 3 aromatic rings. The number of para-hydroxylation sites is 1. The van der Waals surface area contributed by atoms with Crippen molar-refractivity contribution in [1.29, 1.82) is 0 Å². The number of rotatable bonds is 3. The number of anilines is 1. The highest BCUT2D eigenvalue weighted by molar-refractivity contribution is 5.69. The lowest BCUT2D eigenvalue weighted by atomic mass is 10.1. The van der Waals surface area contributed by atoms with Crippen molar-refractivity contribution >= 4 is 11.5 Å². The summed E-state index contributed by atoms with van der Waals surface area (Å²) >= 11 is 0. The fraction of sp³-hybridized carbons (Fsp3) is 0.294. The lowest BCUT2D eigenvalue weighted by Crippen LogP contribution is -2.28. The average Bonchev–Trinajstić information content (AvgIpc) is 2.99. The van der Waals surface area contributed by atoms with Crippen LogP contribution in [0, 0.1) is 0 Å². The van der Waals surface area contributed by atoms with Gasteiger partial charge in [0.2, 0.25) is 0 Å². The van der Waals surface area contributed by atoms with E-state index in [1.54, 1.807) is 22.8 Å². The molecule has 1 aromatic carbocycles. The maximum Gasteiger partial charge on any atom is 0.154 e. The summed E-state index contributed by atoms with van der Waals surface area (Å²) in [6, 6.07) is 11.5. The molecular formula is C17H18N4O2. The summed E-state index contributed by atoms with van der Waals surface area (Å²) < 4.78 is 7.14. The van der Waals surface area contributed by atoms with Crippen LogP contribution < -0.4 is 5.32 Å². The van der Waals surface area contributed by atoms with Gasteiger partial charge in [0, 0.05) is 24.8 Å². The molecule has 0 spiro atoms. The second kappa shape index (κ2) is 5.89. The van der Waals surface area contributed by atoms with E-state index in [-0.39, 0.29) is 5.75 Å². The van der Waals surface area contributed by atoms with Gasteiger partial charge in [-0.3, -0.25) is 0 Å². The molecule has 0 atom stereocenters. The molecule has 1 fully saturated rings. The van der Waals surface area contributed by atoms with Gasteiger partial charge in [0.05, 0.1) is 11.9 Å². The Kier molecular flexibility index (Phi) is 3.59. The second-order valence-electron chi connectivity index (χ2n) is 5.68. The first-order valence-corrected chi connectivity index (χ1v) is 7.79. The number of fused-ring (bicyclic) bond motifs is 1. The molecule has 23 heavy (non-hydrogen) atoms. The first-order chi connectivity index (χ1) is 11.3. The molecule has 1 aliphatic heterocycles. The average molecular weight is 310 g/mol. The predicted molar refractivity (Wildman–Crippen MR) is 87.6 cm³/mol. The minimum Gasteiger partial charge on any atom is -0.507 e. The van der Waals surface area contributed by atoms with E-state index < -0.39 is 0 Å². The van der Waals surface area contributed by atoms with Crippen LogP contribution in [0.2, 0.25) is 0 Å². The minimum absolute atomic E-state index is 0.221. The molecule has 118 valence electrons. The lowest BCUT2D eigenvalue weighted by molar-refractivity contribution is 0.0903. The fourth-order valence-electron chi connectivity index (χ4n) is 2.88. The fourth-order valence-corrected chi connectivity index (χ4v) is 2.88. The van der Waals surface area contributed by atoms with Gasteiger partial charge in [-0.2, -0.15) is 0 Å². The Morgan fingerprint density at radius 2 is 1.96 bits per heavy atom. The molecular weight excluding hydrogens is 292 g/mol. The van der Waals surface area contributed by atoms with E-state index >= 15 is 0 Å². The third kappa shape index (κ3) is 2.73. The molecule has 6 nitrogen and oxygen atoms in total. The Balaban J connectivity index is 1.70. The number of benzene rings is 1. The number of nitrogens with zero attached hydrogens (tertiary/aromatic N) is 3. The van der Waals surface area contributed by atoms with Crippen molar-refractivity contribution in [1.82, 2.24) is 14.6 Å². The molecule has 0 saturated carbocycles. The van der Waals surface area contributed by atoms with Gasteiger partial charge in [0.1, 0.15) is 11.6 Å². The van der Waals surface area contributed by atoms with Crippen LogP contribution in [0.4, 0.5) is 5.82 Å². The smallest absolute Gasteiger partial charge is 0.154 e. The van der Waals surface area contributed by atoms with Crippen molar-refractivity contribution in [2.75, 3.05) is 18.5 Å². The number of phenolic OH excluding ortho intramolecular Hbond substituents is 1. The van der Waals surface area contributed by atoms with E-state index in [1.165, 1.54) is 0 Å². The summed E-state index contributed by atoms with van der Waals surface area (Å²) in [5, 5.41) is 18.2. The first-order valence-electron chi connectivity index (χ1n) is 7.79. The SMILES string of the molecule is Oc1ccccc1-c1cnc2ccc(NC3CCOCC3)nn12. The molecule has 0 bridgehead atoms. The van der Waals surface area contributed by atoms with Gasteiger partial charge in [-0.25, -0.2) is 9.50 Å². The van der Waals surface area contributed by atoms with Crippen LogP contribution in [0.1, 0.15) is 12.8 Å². The third-order valence-electron chi connectivity index (χ3n) is 4.12. The molecule has 6 heteroatoms. The molecule has 0 amide bonds. The Labute approximate surface area is 133 Å². The minimum atomic E-state index is 0.221. The molecule has 0 aliphatic carbocycles. The van der Waals surface area contributed by atoms with Crippen molar-refractivity contribution in [3.05, 3.63) is 42.6 Å². The largest absolute Gasteiger partial charge is 0.507 e. The highest BCUT2D eigenvalue weighted by Crippen LogP contribution is 2.29. The summed E-state index contributed by atoms with van der Waals surface area (Å²) in [7, 11) is 0. The standard InChI is InChI=1S/C17H18N4O2/c22-15-4-2-1-3-13(15)14-11-18-17-6-5-16(20-21(14)17)19-12-7-9-23-10-8-12/h1-6,11-12,22H,7-10H2,(H,19,20). The molecule has 4 rings (SSSR count). The number of aromatic nitrogens is 3. The van der Waals surface area contributed by atoms with E-state index in [0.717, 1.165) is 48.8 Å². The summed E-state index contributed by atoms with van der Waals surface area (Å²) in [6.07, 6.45) is 3.70. The Morgan fingerprint density at radius 3 is 2.78 bits per heavy atom. The topological polar surface area (TPSA) is 71.7 Å². The molecule has 2 N–H and O–H groups in total. The number of aromatic hydroxyl groups is 1.